The minimum Gasteiger partial charge on any atom is -0.481 e. The molecule has 92 valence electrons. The molecule has 17 heavy (non-hydrogen) atoms. The van der Waals surface area contributed by atoms with Gasteiger partial charge in [0.05, 0.1) is 0 Å². The Balaban J connectivity index is 1.83. The molecule has 0 saturated heterocycles. The molecule has 2 rings (SSSR count). The zero-order chi connectivity index (χ0) is 12.1. The van der Waals surface area contributed by atoms with Gasteiger partial charge in [0.15, 0.2) is 0 Å². The lowest BCUT2D eigenvalue weighted by atomic mass is 10.2. The SMILES string of the molecule is O=C(O)CCCN(Cc1ccccc1)C1CC1. The average Bonchev–Trinajstić information content (AvgIpc) is 3.12. The smallest absolute Gasteiger partial charge is 0.303 e. The number of benzene rings is 1. The van der Waals surface area contributed by atoms with Crippen LogP contribution in [0.1, 0.15) is 31.2 Å². The first-order valence-electron chi connectivity index (χ1n) is 6.25. The predicted octanol–water partition coefficient (Wildman–Crippen LogP) is 2.52. The summed E-state index contributed by atoms with van der Waals surface area (Å²) in [5.41, 5.74) is 1.31. The van der Waals surface area contributed by atoms with Crippen molar-refractivity contribution in [2.45, 2.75) is 38.3 Å². The van der Waals surface area contributed by atoms with E-state index in [2.05, 4.69) is 29.2 Å². The van der Waals surface area contributed by atoms with Gasteiger partial charge in [-0.25, -0.2) is 0 Å². The third-order valence-corrected chi connectivity index (χ3v) is 3.13. The molecule has 0 aromatic heterocycles. The van der Waals surface area contributed by atoms with E-state index in [0.29, 0.717) is 6.04 Å². The van der Waals surface area contributed by atoms with E-state index in [9.17, 15) is 4.79 Å². The summed E-state index contributed by atoms with van der Waals surface area (Å²) in [6.45, 7) is 1.84. The molecule has 1 N–H and O–H groups in total. The van der Waals surface area contributed by atoms with Gasteiger partial charge in [0.2, 0.25) is 0 Å². The molecule has 1 saturated carbocycles. The van der Waals surface area contributed by atoms with Crippen molar-refractivity contribution in [2.75, 3.05) is 6.54 Å². The lowest BCUT2D eigenvalue weighted by Crippen LogP contribution is -2.27. The summed E-state index contributed by atoms with van der Waals surface area (Å²) in [7, 11) is 0. The second kappa shape index (κ2) is 5.82. The minimum atomic E-state index is -0.694. The van der Waals surface area contributed by atoms with Gasteiger partial charge in [0.1, 0.15) is 0 Å². The summed E-state index contributed by atoms with van der Waals surface area (Å²) in [6.07, 6.45) is 3.55. The highest BCUT2D eigenvalue weighted by Gasteiger charge is 2.28. The van der Waals surface area contributed by atoms with Crippen LogP contribution in [0.3, 0.4) is 0 Å². The molecule has 1 aliphatic rings. The fraction of sp³-hybridized carbons (Fsp3) is 0.500. The summed E-state index contributed by atoms with van der Waals surface area (Å²) in [5.74, 6) is -0.694. The number of hydrogen-bond acceptors (Lipinski definition) is 2. The quantitative estimate of drug-likeness (QED) is 0.786. The Kier molecular flexibility index (Phi) is 4.15. The molecule has 0 unspecified atom stereocenters. The maximum absolute atomic E-state index is 10.5. The molecule has 0 atom stereocenters. The normalized spacial score (nSPS) is 15.1. The molecular formula is C14H19NO2. The van der Waals surface area contributed by atoms with Crippen molar-refractivity contribution in [3.63, 3.8) is 0 Å². The molecule has 1 fully saturated rings. The van der Waals surface area contributed by atoms with Crippen molar-refractivity contribution in [2.24, 2.45) is 0 Å². The first-order valence-corrected chi connectivity index (χ1v) is 6.25. The number of nitrogens with zero attached hydrogens (tertiary/aromatic N) is 1. The number of carbonyl (C=O) groups is 1. The summed E-state index contributed by atoms with van der Waals surface area (Å²) < 4.78 is 0. The number of aliphatic carboxylic acids is 1. The molecule has 1 aromatic rings. The first-order chi connectivity index (χ1) is 8.25. The molecule has 3 heteroatoms. The fourth-order valence-electron chi connectivity index (χ4n) is 2.08. The van der Waals surface area contributed by atoms with Crippen LogP contribution in [0.15, 0.2) is 30.3 Å². The Morgan fingerprint density at radius 1 is 1.29 bits per heavy atom. The molecule has 0 radical (unpaired) electrons. The van der Waals surface area contributed by atoms with Gasteiger partial charge in [-0.1, -0.05) is 30.3 Å². The number of carboxylic acids is 1. The summed E-state index contributed by atoms with van der Waals surface area (Å²) in [5, 5.41) is 8.65. The molecule has 3 nitrogen and oxygen atoms in total. The summed E-state index contributed by atoms with van der Waals surface area (Å²) in [6, 6.07) is 11.1. The van der Waals surface area contributed by atoms with E-state index in [0.717, 1.165) is 19.5 Å². The third kappa shape index (κ3) is 4.19. The van der Waals surface area contributed by atoms with E-state index in [-0.39, 0.29) is 6.42 Å². The molecule has 0 spiro atoms. The van der Waals surface area contributed by atoms with Crippen LogP contribution in [-0.2, 0) is 11.3 Å². The largest absolute Gasteiger partial charge is 0.481 e. The van der Waals surface area contributed by atoms with E-state index >= 15 is 0 Å². The van der Waals surface area contributed by atoms with Gasteiger partial charge in [-0.05, 0) is 31.4 Å². The van der Waals surface area contributed by atoms with Gasteiger partial charge in [0.25, 0.3) is 0 Å². The van der Waals surface area contributed by atoms with E-state index in [4.69, 9.17) is 5.11 Å². The van der Waals surface area contributed by atoms with Gasteiger partial charge in [-0.15, -0.1) is 0 Å². The molecule has 1 aliphatic carbocycles. The second-order valence-electron chi connectivity index (χ2n) is 4.68. The van der Waals surface area contributed by atoms with Crippen molar-refractivity contribution in [3.8, 4) is 0 Å². The number of carboxylic acid groups (broad SMARTS) is 1. The monoisotopic (exact) mass is 233 g/mol. The maximum Gasteiger partial charge on any atom is 0.303 e. The first kappa shape index (κ1) is 12.1. The van der Waals surface area contributed by atoms with Crippen molar-refractivity contribution in [3.05, 3.63) is 35.9 Å². The van der Waals surface area contributed by atoms with Crippen LogP contribution in [0.5, 0.6) is 0 Å². The van der Waals surface area contributed by atoms with E-state index in [1.165, 1.54) is 18.4 Å². The molecular weight excluding hydrogens is 214 g/mol. The third-order valence-electron chi connectivity index (χ3n) is 3.13. The van der Waals surface area contributed by atoms with E-state index in [1.54, 1.807) is 0 Å². The van der Waals surface area contributed by atoms with Crippen LogP contribution < -0.4 is 0 Å². The second-order valence-corrected chi connectivity index (χ2v) is 4.68. The highest BCUT2D eigenvalue weighted by atomic mass is 16.4. The fourth-order valence-corrected chi connectivity index (χ4v) is 2.08. The van der Waals surface area contributed by atoms with Gasteiger partial charge < -0.3 is 5.11 Å². The van der Waals surface area contributed by atoms with Crippen LogP contribution in [0, 0.1) is 0 Å². The lowest BCUT2D eigenvalue weighted by Gasteiger charge is -2.21. The van der Waals surface area contributed by atoms with Crippen molar-refractivity contribution in [1.82, 2.24) is 4.90 Å². The Morgan fingerprint density at radius 3 is 2.59 bits per heavy atom. The van der Waals surface area contributed by atoms with Gasteiger partial charge in [-0.2, -0.15) is 0 Å². The van der Waals surface area contributed by atoms with Gasteiger partial charge >= 0.3 is 5.97 Å². The van der Waals surface area contributed by atoms with Gasteiger partial charge in [0, 0.05) is 19.0 Å². The number of hydrogen-bond donors (Lipinski definition) is 1. The standard InChI is InChI=1S/C14H19NO2/c16-14(17)7-4-10-15(13-8-9-13)11-12-5-2-1-3-6-12/h1-3,5-6,13H,4,7-11H2,(H,16,17). The Morgan fingerprint density at radius 2 is 2.00 bits per heavy atom. The Bertz CT molecular complexity index is 360. The van der Waals surface area contributed by atoms with Crippen LogP contribution in [0.2, 0.25) is 0 Å². The summed E-state index contributed by atoms with van der Waals surface area (Å²) in [4.78, 5) is 12.9. The van der Waals surface area contributed by atoms with Gasteiger partial charge in [-0.3, -0.25) is 9.69 Å². The Hall–Kier alpha value is -1.35. The van der Waals surface area contributed by atoms with Crippen LogP contribution in [0.4, 0.5) is 0 Å². The van der Waals surface area contributed by atoms with E-state index < -0.39 is 5.97 Å². The minimum absolute atomic E-state index is 0.276. The maximum atomic E-state index is 10.5. The Labute approximate surface area is 102 Å². The lowest BCUT2D eigenvalue weighted by molar-refractivity contribution is -0.137. The number of rotatable bonds is 7. The van der Waals surface area contributed by atoms with Crippen molar-refractivity contribution in [1.29, 1.82) is 0 Å². The van der Waals surface area contributed by atoms with Crippen LogP contribution in [-0.4, -0.2) is 28.6 Å². The molecule has 0 heterocycles. The topological polar surface area (TPSA) is 40.5 Å². The van der Waals surface area contributed by atoms with Crippen molar-refractivity contribution >= 4 is 5.97 Å². The molecule has 0 amide bonds. The highest BCUT2D eigenvalue weighted by Crippen LogP contribution is 2.28. The summed E-state index contributed by atoms with van der Waals surface area (Å²) >= 11 is 0. The average molecular weight is 233 g/mol. The van der Waals surface area contributed by atoms with Crippen LogP contribution in [0.25, 0.3) is 0 Å². The highest BCUT2D eigenvalue weighted by molar-refractivity contribution is 5.66. The van der Waals surface area contributed by atoms with Crippen molar-refractivity contribution < 1.29 is 9.90 Å². The van der Waals surface area contributed by atoms with E-state index in [1.807, 2.05) is 6.07 Å². The predicted molar refractivity (Wildman–Crippen MR) is 66.7 cm³/mol. The molecule has 1 aromatic carbocycles. The molecule has 0 aliphatic heterocycles. The zero-order valence-electron chi connectivity index (χ0n) is 10.0. The van der Waals surface area contributed by atoms with Crippen LogP contribution >= 0.6 is 0 Å². The molecule has 0 bridgehead atoms. The zero-order valence-corrected chi connectivity index (χ0v) is 10.0.